The van der Waals surface area contributed by atoms with Crippen molar-refractivity contribution in [1.29, 1.82) is 5.26 Å². The molecule has 0 bridgehead atoms. The van der Waals surface area contributed by atoms with Gasteiger partial charge in [0, 0.05) is 30.4 Å². The average molecular weight is 276 g/mol. The van der Waals surface area contributed by atoms with E-state index in [1.165, 1.54) is 6.20 Å². The Morgan fingerprint density at radius 3 is 2.52 bits per heavy atom. The molecule has 0 saturated heterocycles. The molecule has 2 aromatic heterocycles. The molecule has 21 heavy (non-hydrogen) atoms. The number of fused-ring (bicyclic) bond motifs is 1. The highest BCUT2D eigenvalue weighted by Crippen LogP contribution is 2.29. The van der Waals surface area contributed by atoms with Crippen LogP contribution in [0.4, 0.5) is 0 Å². The highest BCUT2D eigenvalue weighted by molar-refractivity contribution is 5.94. The molecule has 0 fully saturated rings. The standard InChI is InChI=1S/C16H12N4O/c1-10-7-14(11(2)20(21)9-10)13-4-3-12(8-17)15-16(13)19-6-5-18-15/h3-7,9H,1-2H3. The molecule has 102 valence electrons. The van der Waals surface area contributed by atoms with Gasteiger partial charge in [-0.15, -0.1) is 0 Å². The molecule has 3 aromatic rings. The van der Waals surface area contributed by atoms with Crippen LogP contribution in [-0.4, -0.2) is 9.97 Å². The maximum absolute atomic E-state index is 11.9. The first-order valence-electron chi connectivity index (χ1n) is 6.46. The van der Waals surface area contributed by atoms with Gasteiger partial charge in [-0.05, 0) is 19.1 Å². The smallest absolute Gasteiger partial charge is 0.197 e. The van der Waals surface area contributed by atoms with Gasteiger partial charge in [0.2, 0.25) is 0 Å². The van der Waals surface area contributed by atoms with E-state index in [-0.39, 0.29) is 0 Å². The monoisotopic (exact) mass is 276 g/mol. The number of hydrogen-bond donors (Lipinski definition) is 0. The first-order valence-corrected chi connectivity index (χ1v) is 6.46. The molecular weight excluding hydrogens is 264 g/mol. The minimum Gasteiger partial charge on any atom is -0.618 e. The summed E-state index contributed by atoms with van der Waals surface area (Å²) in [7, 11) is 0. The van der Waals surface area contributed by atoms with Crippen LogP contribution >= 0.6 is 0 Å². The Morgan fingerprint density at radius 2 is 1.81 bits per heavy atom. The predicted molar refractivity (Wildman–Crippen MR) is 78.1 cm³/mol. The van der Waals surface area contributed by atoms with E-state index in [1.54, 1.807) is 25.4 Å². The molecule has 0 radical (unpaired) electrons. The van der Waals surface area contributed by atoms with Crippen molar-refractivity contribution in [3.05, 3.63) is 58.8 Å². The van der Waals surface area contributed by atoms with Gasteiger partial charge >= 0.3 is 0 Å². The lowest BCUT2D eigenvalue weighted by Crippen LogP contribution is -2.30. The van der Waals surface area contributed by atoms with Gasteiger partial charge in [0.1, 0.15) is 11.6 Å². The molecule has 0 spiro atoms. The van der Waals surface area contributed by atoms with Crippen LogP contribution < -0.4 is 4.73 Å². The van der Waals surface area contributed by atoms with E-state index in [4.69, 9.17) is 5.26 Å². The van der Waals surface area contributed by atoms with Crippen LogP contribution in [0.1, 0.15) is 16.8 Å². The Labute approximate surface area is 121 Å². The molecule has 0 aliphatic carbocycles. The summed E-state index contributed by atoms with van der Waals surface area (Å²) in [6.45, 7) is 3.64. The van der Waals surface area contributed by atoms with Gasteiger partial charge < -0.3 is 5.21 Å². The summed E-state index contributed by atoms with van der Waals surface area (Å²) in [6.07, 6.45) is 4.68. The summed E-state index contributed by atoms with van der Waals surface area (Å²) in [5.41, 5.74) is 4.73. The van der Waals surface area contributed by atoms with Crippen molar-refractivity contribution in [2.75, 3.05) is 0 Å². The summed E-state index contributed by atoms with van der Waals surface area (Å²) in [4.78, 5) is 8.58. The molecular formula is C16H12N4O. The number of nitrogens with zero attached hydrogens (tertiary/aromatic N) is 4. The predicted octanol–water partition coefficient (Wildman–Crippen LogP) is 2.42. The molecule has 0 saturated carbocycles. The molecule has 1 aromatic carbocycles. The van der Waals surface area contributed by atoms with E-state index in [1.807, 2.05) is 19.1 Å². The van der Waals surface area contributed by atoms with Crippen molar-refractivity contribution in [2.24, 2.45) is 0 Å². The van der Waals surface area contributed by atoms with Gasteiger partial charge in [0.25, 0.3) is 0 Å². The van der Waals surface area contributed by atoms with Crippen molar-refractivity contribution >= 4 is 11.0 Å². The molecule has 0 unspecified atom stereocenters. The third kappa shape index (κ3) is 2.07. The van der Waals surface area contributed by atoms with Crippen LogP contribution in [-0.2, 0) is 0 Å². The Bertz CT molecular complexity index is 897. The Hall–Kier alpha value is -3.00. The number of hydrogen-bond acceptors (Lipinski definition) is 4. The summed E-state index contributed by atoms with van der Waals surface area (Å²) in [5.74, 6) is 0. The second-order valence-electron chi connectivity index (χ2n) is 4.87. The molecule has 0 atom stereocenters. The summed E-state index contributed by atoms with van der Waals surface area (Å²) in [5, 5.41) is 21.1. The number of aryl methyl sites for hydroxylation is 1. The van der Waals surface area contributed by atoms with E-state index < -0.39 is 0 Å². The Balaban J connectivity index is 2.40. The molecule has 0 aliphatic rings. The molecule has 2 heterocycles. The number of aromatic nitrogens is 3. The van der Waals surface area contributed by atoms with Gasteiger partial charge in [-0.25, -0.2) is 0 Å². The lowest BCUT2D eigenvalue weighted by molar-refractivity contribution is -0.612. The topological polar surface area (TPSA) is 76.5 Å². The van der Waals surface area contributed by atoms with Crippen molar-refractivity contribution in [2.45, 2.75) is 13.8 Å². The number of rotatable bonds is 1. The van der Waals surface area contributed by atoms with Gasteiger partial charge in [-0.1, -0.05) is 6.07 Å². The highest BCUT2D eigenvalue weighted by Gasteiger charge is 2.16. The first-order chi connectivity index (χ1) is 10.1. The van der Waals surface area contributed by atoms with Gasteiger partial charge in [-0.3, -0.25) is 9.97 Å². The number of benzene rings is 1. The highest BCUT2D eigenvalue weighted by atomic mass is 16.5. The third-order valence-corrected chi connectivity index (χ3v) is 3.45. The lowest BCUT2D eigenvalue weighted by Gasteiger charge is -2.10. The maximum Gasteiger partial charge on any atom is 0.197 e. The third-order valence-electron chi connectivity index (χ3n) is 3.45. The fourth-order valence-electron chi connectivity index (χ4n) is 2.41. The normalized spacial score (nSPS) is 10.5. The maximum atomic E-state index is 11.9. The summed E-state index contributed by atoms with van der Waals surface area (Å²) in [6, 6.07) is 7.59. The zero-order valence-corrected chi connectivity index (χ0v) is 11.7. The van der Waals surface area contributed by atoms with Crippen LogP contribution in [0.2, 0.25) is 0 Å². The van der Waals surface area contributed by atoms with Crippen molar-refractivity contribution in [3.63, 3.8) is 0 Å². The van der Waals surface area contributed by atoms with Crippen LogP contribution in [0.15, 0.2) is 36.8 Å². The number of pyridine rings is 1. The summed E-state index contributed by atoms with van der Waals surface area (Å²) < 4.78 is 0.852. The molecule has 0 N–H and O–H groups in total. The fourth-order valence-corrected chi connectivity index (χ4v) is 2.41. The molecule has 0 amide bonds. The van der Waals surface area contributed by atoms with Gasteiger partial charge in [0.15, 0.2) is 11.9 Å². The van der Waals surface area contributed by atoms with E-state index in [2.05, 4.69) is 16.0 Å². The second kappa shape index (κ2) is 4.84. The second-order valence-corrected chi connectivity index (χ2v) is 4.87. The largest absolute Gasteiger partial charge is 0.618 e. The van der Waals surface area contributed by atoms with Gasteiger partial charge in [-0.2, -0.15) is 9.99 Å². The quantitative estimate of drug-likeness (QED) is 0.505. The average Bonchev–Trinajstić information content (AvgIpc) is 2.50. The zero-order valence-electron chi connectivity index (χ0n) is 11.7. The van der Waals surface area contributed by atoms with E-state index in [0.29, 0.717) is 22.3 Å². The van der Waals surface area contributed by atoms with E-state index in [9.17, 15) is 5.21 Å². The SMILES string of the molecule is Cc1cc(-c2ccc(C#N)c3nccnc23)c(C)[n+]([O-])c1. The van der Waals surface area contributed by atoms with Gasteiger partial charge in [0.05, 0.1) is 16.6 Å². The lowest BCUT2D eigenvalue weighted by atomic mass is 9.99. The van der Waals surface area contributed by atoms with Crippen LogP contribution in [0.25, 0.3) is 22.2 Å². The molecule has 5 heteroatoms. The first kappa shape index (κ1) is 13.0. The number of nitriles is 1. The molecule has 3 rings (SSSR count). The van der Waals surface area contributed by atoms with Crippen LogP contribution in [0.5, 0.6) is 0 Å². The minimum absolute atomic E-state index is 0.474. The van der Waals surface area contributed by atoms with E-state index in [0.717, 1.165) is 21.4 Å². The van der Waals surface area contributed by atoms with Crippen molar-refractivity contribution in [1.82, 2.24) is 9.97 Å². The van der Waals surface area contributed by atoms with E-state index >= 15 is 0 Å². The van der Waals surface area contributed by atoms with Crippen LogP contribution in [0.3, 0.4) is 0 Å². The Morgan fingerprint density at radius 1 is 1.10 bits per heavy atom. The Kier molecular flexibility index (Phi) is 2.99. The summed E-state index contributed by atoms with van der Waals surface area (Å²) >= 11 is 0. The fraction of sp³-hybridized carbons (Fsp3) is 0.125. The van der Waals surface area contributed by atoms with Crippen molar-refractivity contribution in [3.8, 4) is 17.2 Å². The zero-order chi connectivity index (χ0) is 15.0. The molecule has 5 nitrogen and oxygen atoms in total. The van der Waals surface area contributed by atoms with Crippen molar-refractivity contribution < 1.29 is 4.73 Å². The van der Waals surface area contributed by atoms with Crippen LogP contribution in [0, 0.1) is 30.4 Å². The minimum atomic E-state index is 0.474. The molecule has 0 aliphatic heterocycles.